The number of halogens is 1. The summed E-state index contributed by atoms with van der Waals surface area (Å²) >= 11 is 6.08. The molecular weight excluding hydrogens is 388 g/mol. The van der Waals surface area contributed by atoms with Gasteiger partial charge in [0.25, 0.3) is 10.0 Å². The van der Waals surface area contributed by atoms with Gasteiger partial charge in [-0.1, -0.05) is 22.9 Å². The summed E-state index contributed by atoms with van der Waals surface area (Å²) in [5.41, 5.74) is 4.84. The molecule has 0 bridgehead atoms. The van der Waals surface area contributed by atoms with Gasteiger partial charge in [-0.2, -0.15) is 0 Å². The van der Waals surface area contributed by atoms with E-state index in [4.69, 9.17) is 11.6 Å². The van der Waals surface area contributed by atoms with Gasteiger partial charge in [0.2, 0.25) is 5.95 Å². The Balaban J connectivity index is 1.67. The van der Waals surface area contributed by atoms with Crippen LogP contribution in [0.15, 0.2) is 76.2 Å². The van der Waals surface area contributed by atoms with E-state index in [-0.39, 0.29) is 10.8 Å². The third-order valence-corrected chi connectivity index (χ3v) is 5.04. The van der Waals surface area contributed by atoms with Gasteiger partial charge in [0.1, 0.15) is 5.69 Å². The molecule has 138 valence electrons. The Bertz CT molecular complexity index is 1060. The fraction of sp³-hybridized carbons (Fsp3) is 0.0588. The predicted molar refractivity (Wildman–Crippen MR) is 104 cm³/mol. The molecule has 1 heterocycles. The molecule has 8 nitrogen and oxygen atoms in total. The van der Waals surface area contributed by atoms with Crippen molar-refractivity contribution in [1.29, 1.82) is 0 Å². The third kappa shape index (κ3) is 4.99. The molecule has 3 rings (SSSR count). The molecule has 0 saturated heterocycles. The zero-order valence-electron chi connectivity index (χ0n) is 14.2. The van der Waals surface area contributed by atoms with Crippen molar-refractivity contribution in [2.24, 2.45) is 10.3 Å². The smallest absolute Gasteiger partial charge is 0.260 e. The lowest BCUT2D eigenvalue weighted by atomic mass is 10.2. The molecule has 1 aromatic heterocycles. The van der Waals surface area contributed by atoms with E-state index < -0.39 is 10.0 Å². The van der Waals surface area contributed by atoms with Crippen LogP contribution in [0.2, 0.25) is 5.02 Å². The predicted octanol–water partition coefficient (Wildman–Crippen LogP) is 4.35. The van der Waals surface area contributed by atoms with Gasteiger partial charge in [0.05, 0.1) is 15.6 Å². The largest absolute Gasteiger partial charge is 0.264 e. The molecule has 3 aromatic rings. The molecule has 0 unspecified atom stereocenters. The minimum absolute atomic E-state index is 0.00322. The summed E-state index contributed by atoms with van der Waals surface area (Å²) in [6.45, 7) is 1.93. The molecule has 2 N–H and O–H groups in total. The molecule has 0 aliphatic rings. The number of nitrogens with one attached hydrogen (secondary N) is 2. The Morgan fingerprint density at radius 2 is 1.74 bits per heavy atom. The minimum Gasteiger partial charge on any atom is -0.260 e. The van der Waals surface area contributed by atoms with Crippen molar-refractivity contribution in [1.82, 2.24) is 9.97 Å². The first-order valence-electron chi connectivity index (χ1n) is 7.77. The van der Waals surface area contributed by atoms with Crippen LogP contribution < -0.4 is 10.1 Å². The van der Waals surface area contributed by atoms with E-state index in [0.29, 0.717) is 16.4 Å². The third-order valence-electron chi connectivity index (χ3n) is 3.40. The molecule has 0 atom stereocenters. The number of hydrogen-bond donors (Lipinski definition) is 2. The number of rotatable bonds is 6. The van der Waals surface area contributed by atoms with Crippen LogP contribution in [-0.4, -0.2) is 18.4 Å². The van der Waals surface area contributed by atoms with Gasteiger partial charge >= 0.3 is 0 Å². The van der Waals surface area contributed by atoms with Crippen molar-refractivity contribution < 1.29 is 8.42 Å². The lowest BCUT2D eigenvalue weighted by Crippen LogP contribution is -2.14. The Hall–Kier alpha value is -3.04. The van der Waals surface area contributed by atoms with Gasteiger partial charge in [-0.15, -0.1) is 5.11 Å². The summed E-state index contributed by atoms with van der Waals surface area (Å²) in [5.74, 6) is 0.00322. The molecule has 0 aliphatic heterocycles. The lowest BCUT2D eigenvalue weighted by molar-refractivity contribution is 0.601. The first-order valence-corrected chi connectivity index (χ1v) is 9.63. The normalized spacial score (nSPS) is 11.5. The zero-order chi connectivity index (χ0) is 19.3. The van der Waals surface area contributed by atoms with Crippen LogP contribution in [0, 0.1) is 6.92 Å². The maximum atomic E-state index is 12.3. The van der Waals surface area contributed by atoms with E-state index in [2.05, 4.69) is 30.5 Å². The maximum absolute atomic E-state index is 12.3. The van der Waals surface area contributed by atoms with Gasteiger partial charge in [-0.3, -0.25) is 5.43 Å². The zero-order valence-corrected chi connectivity index (χ0v) is 15.7. The van der Waals surface area contributed by atoms with Gasteiger partial charge in [0.15, 0.2) is 0 Å². The first-order chi connectivity index (χ1) is 12.9. The van der Waals surface area contributed by atoms with Crippen molar-refractivity contribution in [2.45, 2.75) is 11.8 Å². The van der Waals surface area contributed by atoms with Crippen LogP contribution in [-0.2, 0) is 10.0 Å². The molecule has 27 heavy (non-hydrogen) atoms. The standard InChI is InChI=1S/C17H15ClN6O2S/c1-12-3-8-16(15(18)11-12)22-24-21-13-4-6-14(7-5-13)27(25,26)23-17-19-9-2-10-20-17/h2-11H,1H3,(H,21,22)(H,19,20,23). The summed E-state index contributed by atoms with van der Waals surface area (Å²) in [4.78, 5) is 7.74. The number of anilines is 2. The highest BCUT2D eigenvalue weighted by Gasteiger charge is 2.15. The molecular formula is C17H15ClN6O2S. The molecule has 0 fully saturated rings. The molecule has 2 aromatic carbocycles. The quantitative estimate of drug-likeness (QED) is 0.470. The fourth-order valence-electron chi connectivity index (χ4n) is 2.07. The highest BCUT2D eigenvalue weighted by molar-refractivity contribution is 7.92. The fourth-order valence-corrected chi connectivity index (χ4v) is 3.30. The number of hydrogen-bond acceptors (Lipinski definition) is 6. The average molecular weight is 403 g/mol. The molecule has 0 amide bonds. The highest BCUT2D eigenvalue weighted by atomic mass is 35.5. The Morgan fingerprint density at radius 3 is 2.41 bits per heavy atom. The van der Waals surface area contributed by atoms with Crippen LogP contribution in [0.3, 0.4) is 0 Å². The Kier molecular flexibility index (Phi) is 5.63. The van der Waals surface area contributed by atoms with E-state index >= 15 is 0 Å². The SMILES string of the molecule is Cc1ccc(N=NNc2ccc(S(=O)(=O)Nc3ncccn3)cc2)c(Cl)c1. The number of aryl methyl sites for hydroxylation is 1. The topological polar surface area (TPSA) is 109 Å². The van der Waals surface area contributed by atoms with Crippen LogP contribution in [0.5, 0.6) is 0 Å². The summed E-state index contributed by atoms with van der Waals surface area (Å²) < 4.78 is 26.9. The van der Waals surface area contributed by atoms with E-state index in [1.807, 2.05) is 13.0 Å². The number of nitrogens with zero attached hydrogens (tertiary/aromatic N) is 4. The lowest BCUT2D eigenvalue weighted by Gasteiger charge is -2.07. The van der Waals surface area contributed by atoms with E-state index in [9.17, 15) is 8.42 Å². The summed E-state index contributed by atoms with van der Waals surface area (Å²) in [7, 11) is -3.78. The number of sulfonamides is 1. The summed E-state index contributed by atoms with van der Waals surface area (Å²) in [6.07, 6.45) is 2.90. The van der Waals surface area contributed by atoms with Gasteiger partial charge in [0, 0.05) is 12.4 Å². The molecule has 0 spiro atoms. The number of aromatic nitrogens is 2. The second-order valence-electron chi connectivity index (χ2n) is 5.47. The molecule has 10 heteroatoms. The van der Waals surface area contributed by atoms with E-state index in [0.717, 1.165) is 5.56 Å². The van der Waals surface area contributed by atoms with Crippen molar-refractivity contribution in [3.8, 4) is 0 Å². The Morgan fingerprint density at radius 1 is 1.04 bits per heavy atom. The molecule has 0 saturated carbocycles. The van der Waals surface area contributed by atoms with Crippen LogP contribution >= 0.6 is 11.6 Å². The summed E-state index contributed by atoms with van der Waals surface area (Å²) in [5, 5.41) is 8.37. The molecule has 0 aliphatic carbocycles. The van der Waals surface area contributed by atoms with Gasteiger partial charge in [-0.05, 0) is 55.0 Å². The van der Waals surface area contributed by atoms with E-state index in [1.165, 1.54) is 24.5 Å². The van der Waals surface area contributed by atoms with E-state index in [1.54, 1.807) is 30.3 Å². The van der Waals surface area contributed by atoms with Gasteiger partial charge in [-0.25, -0.2) is 23.1 Å². The molecule has 0 radical (unpaired) electrons. The number of benzene rings is 2. The second kappa shape index (κ2) is 8.11. The van der Waals surface area contributed by atoms with Crippen molar-refractivity contribution in [3.63, 3.8) is 0 Å². The monoisotopic (exact) mass is 402 g/mol. The van der Waals surface area contributed by atoms with Gasteiger partial charge < -0.3 is 0 Å². The van der Waals surface area contributed by atoms with Crippen LogP contribution in [0.25, 0.3) is 0 Å². The van der Waals surface area contributed by atoms with Crippen LogP contribution in [0.4, 0.5) is 17.3 Å². The minimum atomic E-state index is -3.78. The van der Waals surface area contributed by atoms with Crippen molar-refractivity contribution in [2.75, 3.05) is 10.1 Å². The highest BCUT2D eigenvalue weighted by Crippen LogP contribution is 2.26. The average Bonchev–Trinajstić information content (AvgIpc) is 2.64. The summed E-state index contributed by atoms with van der Waals surface area (Å²) in [6, 6.07) is 13.0. The Labute approximate surface area is 161 Å². The van der Waals surface area contributed by atoms with Crippen molar-refractivity contribution >= 4 is 38.9 Å². The van der Waals surface area contributed by atoms with Crippen molar-refractivity contribution in [3.05, 3.63) is 71.5 Å². The first kappa shape index (κ1) is 18.7. The second-order valence-corrected chi connectivity index (χ2v) is 7.56. The van der Waals surface area contributed by atoms with Crippen LogP contribution in [0.1, 0.15) is 5.56 Å². The maximum Gasteiger partial charge on any atom is 0.264 e.